The summed E-state index contributed by atoms with van der Waals surface area (Å²) in [5.41, 5.74) is 3.65. The molecule has 1 rings (SSSR count). The maximum Gasteiger partial charge on any atom is 0.249 e. The molecule has 1 aromatic rings. The number of carbonyl (C=O) groups is 2. The Balaban J connectivity index is 2.39. The first-order chi connectivity index (χ1) is 16.0. The van der Waals surface area contributed by atoms with Gasteiger partial charge in [0.1, 0.15) is 5.01 Å². The molecule has 1 N–H and O–H groups in total. The Labute approximate surface area is 214 Å². The molecule has 0 saturated carbocycles. The predicted molar refractivity (Wildman–Crippen MR) is 142 cm³/mol. The Hall–Kier alpha value is -1.70. The summed E-state index contributed by atoms with van der Waals surface area (Å²) in [7, 11) is 3.59. The minimum atomic E-state index is -0.613. The van der Waals surface area contributed by atoms with Crippen molar-refractivity contribution in [3.8, 4) is 0 Å². The van der Waals surface area contributed by atoms with E-state index in [1.54, 1.807) is 46.8 Å². The van der Waals surface area contributed by atoms with Crippen molar-refractivity contribution in [2.45, 2.75) is 78.9 Å². The fourth-order valence-electron chi connectivity index (χ4n) is 3.97. The van der Waals surface area contributed by atoms with Crippen LogP contribution in [0.15, 0.2) is 34.3 Å². The molecule has 2 amide bonds. The lowest BCUT2D eigenvalue weighted by Gasteiger charge is -2.20. The fraction of sp³-hybridized carbons (Fsp3) is 0.654. The second-order valence-electron chi connectivity index (χ2n) is 9.53. The Morgan fingerprint density at radius 2 is 1.91 bits per heavy atom. The zero-order valence-corrected chi connectivity index (χ0v) is 23.2. The van der Waals surface area contributed by atoms with Crippen molar-refractivity contribution in [1.82, 2.24) is 14.8 Å². The van der Waals surface area contributed by atoms with Crippen molar-refractivity contribution >= 4 is 34.8 Å². The van der Waals surface area contributed by atoms with Crippen molar-refractivity contribution in [2.24, 2.45) is 11.8 Å². The first-order valence-electron chi connectivity index (χ1n) is 12.1. The molecule has 8 heteroatoms. The number of nitrogens with zero attached hydrogens (tertiary/aromatic N) is 3. The van der Waals surface area contributed by atoms with Gasteiger partial charge in [-0.25, -0.2) is 4.98 Å². The maximum atomic E-state index is 12.7. The van der Waals surface area contributed by atoms with Crippen LogP contribution in [0.4, 0.5) is 0 Å². The van der Waals surface area contributed by atoms with Gasteiger partial charge >= 0.3 is 0 Å². The van der Waals surface area contributed by atoms with E-state index in [-0.39, 0.29) is 18.2 Å². The number of carbonyl (C=O) groups excluding carboxylic acids is 2. The molecule has 0 aliphatic carbocycles. The minimum absolute atomic E-state index is 0.0368. The molecule has 0 aliphatic heterocycles. The molecule has 192 valence electrons. The summed E-state index contributed by atoms with van der Waals surface area (Å²) in [6.45, 7) is 9.10. The summed E-state index contributed by atoms with van der Waals surface area (Å²) < 4.78 is 0. The van der Waals surface area contributed by atoms with Crippen molar-refractivity contribution in [3.63, 3.8) is 0 Å². The lowest BCUT2D eigenvalue weighted by atomic mass is 9.90. The third-order valence-corrected chi connectivity index (χ3v) is 6.92. The summed E-state index contributed by atoms with van der Waals surface area (Å²) in [6.07, 6.45) is 8.06. The highest BCUT2D eigenvalue weighted by Crippen LogP contribution is 2.23. The van der Waals surface area contributed by atoms with E-state index in [1.165, 1.54) is 5.57 Å². The largest absolute Gasteiger partial charge is 0.393 e. The molecule has 0 aromatic carbocycles. The van der Waals surface area contributed by atoms with E-state index >= 15 is 0 Å². The van der Waals surface area contributed by atoms with Crippen LogP contribution in [0, 0.1) is 11.8 Å². The van der Waals surface area contributed by atoms with E-state index in [2.05, 4.69) is 24.9 Å². The van der Waals surface area contributed by atoms with Gasteiger partial charge in [-0.1, -0.05) is 37.1 Å². The second-order valence-corrected chi connectivity index (χ2v) is 10.7. The van der Waals surface area contributed by atoms with Gasteiger partial charge in [-0.3, -0.25) is 9.59 Å². The van der Waals surface area contributed by atoms with Gasteiger partial charge < -0.3 is 14.9 Å². The number of likely N-dealkylation sites (N-methyl/N-ethyl adjacent to an activating group) is 1. The Morgan fingerprint density at radius 3 is 2.50 bits per heavy atom. The van der Waals surface area contributed by atoms with Crippen LogP contribution in [0.5, 0.6) is 0 Å². The number of hydrogen-bond donors (Lipinski definition) is 1. The molecule has 0 saturated heterocycles. The average molecular weight is 512 g/mol. The van der Waals surface area contributed by atoms with Crippen LogP contribution in [-0.2, 0) is 16.1 Å². The molecule has 0 bridgehead atoms. The Morgan fingerprint density at radius 1 is 1.21 bits per heavy atom. The standard InChI is InChI=1S/C26H42ClN3O3S/c1-19(9-10-23(17-27)8-7-12-29(5)25(32)16-22(4)31)14-20(2)15-21(3)26(33)30(6)18-24-28-11-13-34-24/h11,13,15,17,19-20,22,31H,7-10,12,14,16,18H2,1-6H3. The first-order valence-corrected chi connectivity index (χ1v) is 13.4. The normalized spacial score (nSPS) is 15.1. The van der Waals surface area contributed by atoms with E-state index in [1.807, 2.05) is 19.4 Å². The highest BCUT2D eigenvalue weighted by molar-refractivity contribution is 7.09. The third-order valence-electron chi connectivity index (χ3n) is 5.85. The fourth-order valence-corrected chi connectivity index (χ4v) is 4.85. The number of aromatic nitrogens is 1. The summed E-state index contributed by atoms with van der Waals surface area (Å²) in [5, 5.41) is 12.2. The van der Waals surface area contributed by atoms with Crippen molar-refractivity contribution in [2.75, 3.05) is 20.6 Å². The number of aliphatic hydroxyl groups excluding tert-OH is 1. The molecule has 0 radical (unpaired) electrons. The molecule has 1 heterocycles. The van der Waals surface area contributed by atoms with Crippen LogP contribution in [-0.4, -0.2) is 58.4 Å². The number of allylic oxidation sites excluding steroid dienone is 2. The van der Waals surface area contributed by atoms with E-state index in [4.69, 9.17) is 11.6 Å². The monoisotopic (exact) mass is 511 g/mol. The molecule has 0 aliphatic rings. The molecule has 0 fully saturated rings. The van der Waals surface area contributed by atoms with Crippen LogP contribution in [0.3, 0.4) is 0 Å². The van der Waals surface area contributed by atoms with Gasteiger partial charge in [-0.2, -0.15) is 0 Å². The summed E-state index contributed by atoms with van der Waals surface area (Å²) in [4.78, 5) is 32.2. The first kappa shape index (κ1) is 30.3. The van der Waals surface area contributed by atoms with Crippen LogP contribution < -0.4 is 0 Å². The van der Waals surface area contributed by atoms with Gasteiger partial charge in [0, 0.05) is 43.3 Å². The third kappa shape index (κ3) is 12.1. The number of amides is 2. The second kappa shape index (κ2) is 16.1. The number of rotatable bonds is 15. The van der Waals surface area contributed by atoms with Crippen molar-refractivity contribution in [1.29, 1.82) is 0 Å². The van der Waals surface area contributed by atoms with E-state index in [0.717, 1.165) is 42.7 Å². The van der Waals surface area contributed by atoms with Gasteiger partial charge in [0.05, 0.1) is 19.1 Å². The van der Waals surface area contributed by atoms with Crippen molar-refractivity contribution in [3.05, 3.63) is 39.3 Å². The average Bonchev–Trinajstić information content (AvgIpc) is 3.27. The Bertz CT molecular complexity index is 808. The molecule has 0 spiro atoms. The number of hydrogen-bond acceptors (Lipinski definition) is 5. The van der Waals surface area contributed by atoms with E-state index in [0.29, 0.717) is 24.9 Å². The van der Waals surface area contributed by atoms with Crippen LogP contribution >= 0.6 is 22.9 Å². The topological polar surface area (TPSA) is 73.7 Å². The zero-order chi connectivity index (χ0) is 25.7. The highest BCUT2D eigenvalue weighted by atomic mass is 35.5. The Kier molecular flexibility index (Phi) is 14.3. The molecule has 3 unspecified atom stereocenters. The summed E-state index contributed by atoms with van der Waals surface area (Å²) in [6, 6.07) is 0. The van der Waals surface area contributed by atoms with Gasteiger partial charge in [-0.05, 0) is 57.8 Å². The summed E-state index contributed by atoms with van der Waals surface area (Å²) in [5.74, 6) is 0.817. The quantitative estimate of drug-likeness (QED) is 0.310. The van der Waals surface area contributed by atoms with Gasteiger partial charge in [-0.15, -0.1) is 11.3 Å². The van der Waals surface area contributed by atoms with Gasteiger partial charge in [0.2, 0.25) is 11.8 Å². The zero-order valence-electron chi connectivity index (χ0n) is 21.6. The highest BCUT2D eigenvalue weighted by Gasteiger charge is 2.15. The van der Waals surface area contributed by atoms with Crippen LogP contribution in [0.25, 0.3) is 0 Å². The van der Waals surface area contributed by atoms with Crippen LogP contribution in [0.1, 0.15) is 71.2 Å². The SMILES string of the molecule is CC(=CC(C)CC(C)CCC(=CCl)CCCN(C)C(=O)CC(C)O)C(=O)N(C)Cc1nccs1. The number of aliphatic hydroxyl groups is 1. The molecule has 3 atom stereocenters. The van der Waals surface area contributed by atoms with Crippen LogP contribution in [0.2, 0.25) is 0 Å². The number of thiazole rings is 1. The van der Waals surface area contributed by atoms with Crippen molar-refractivity contribution < 1.29 is 14.7 Å². The van der Waals surface area contributed by atoms with Gasteiger partial charge in [0.25, 0.3) is 0 Å². The lowest BCUT2D eigenvalue weighted by molar-refractivity contribution is -0.131. The molecule has 6 nitrogen and oxygen atoms in total. The minimum Gasteiger partial charge on any atom is -0.393 e. The summed E-state index contributed by atoms with van der Waals surface area (Å²) >= 11 is 7.61. The molecular weight excluding hydrogens is 470 g/mol. The van der Waals surface area contributed by atoms with Gasteiger partial charge in [0.15, 0.2) is 0 Å². The number of halogens is 1. The predicted octanol–water partition coefficient (Wildman–Crippen LogP) is 5.62. The maximum absolute atomic E-state index is 12.7. The molecule has 34 heavy (non-hydrogen) atoms. The van der Waals surface area contributed by atoms with E-state index < -0.39 is 6.10 Å². The molecular formula is C26H42ClN3O3S. The smallest absolute Gasteiger partial charge is 0.249 e. The molecule has 1 aromatic heterocycles. The van der Waals surface area contributed by atoms with E-state index in [9.17, 15) is 14.7 Å². The lowest BCUT2D eigenvalue weighted by Crippen LogP contribution is -2.30.